The van der Waals surface area contributed by atoms with E-state index in [4.69, 9.17) is 0 Å². The molecule has 1 fully saturated rings. The zero-order valence-electron chi connectivity index (χ0n) is 12.2. The minimum atomic E-state index is -0.327. The minimum absolute atomic E-state index is 0.309. The van der Waals surface area contributed by atoms with E-state index in [0.717, 1.165) is 30.2 Å². The molecule has 1 aliphatic rings. The number of hydrogen-bond donors (Lipinski definition) is 0. The van der Waals surface area contributed by atoms with Crippen LogP contribution in [0.15, 0.2) is 12.1 Å². The summed E-state index contributed by atoms with van der Waals surface area (Å²) in [4.78, 5) is 3.93. The van der Waals surface area contributed by atoms with E-state index < -0.39 is 0 Å². The molecule has 1 aromatic heterocycles. The average Bonchev–Trinajstić information content (AvgIpc) is 2.47. The summed E-state index contributed by atoms with van der Waals surface area (Å²) in [6.07, 6.45) is 3.06. The summed E-state index contributed by atoms with van der Waals surface area (Å²) >= 11 is 0. The van der Waals surface area contributed by atoms with Crippen molar-refractivity contribution in [2.75, 3.05) is 0 Å². The van der Waals surface area contributed by atoms with Crippen LogP contribution in [-0.4, -0.2) is 11.7 Å². The van der Waals surface area contributed by atoms with Gasteiger partial charge in [0, 0.05) is 5.69 Å². The van der Waals surface area contributed by atoms with Crippen molar-refractivity contribution in [2.45, 2.75) is 53.7 Å². The lowest BCUT2D eigenvalue weighted by molar-refractivity contribution is 0.177. The summed E-state index contributed by atoms with van der Waals surface area (Å²) in [5.74, 6) is -0.327. The Morgan fingerprint density at radius 1 is 1.17 bits per heavy atom. The van der Waals surface area contributed by atoms with Crippen molar-refractivity contribution in [3.63, 3.8) is 0 Å². The Kier molecular flexibility index (Phi) is 3.29. The smallest absolute Gasteiger partial charge is 0.212 e. The number of halogens is 1. The van der Waals surface area contributed by atoms with E-state index in [1.54, 1.807) is 6.07 Å². The molecule has 0 saturated carbocycles. The van der Waals surface area contributed by atoms with Crippen LogP contribution in [0.4, 0.5) is 4.39 Å². The molecule has 0 radical (unpaired) electrons. The van der Waals surface area contributed by atoms with Gasteiger partial charge in [-0.15, -0.1) is 0 Å². The third-order valence-corrected chi connectivity index (χ3v) is 5.05. The quantitative estimate of drug-likeness (QED) is 0.575. The van der Waals surface area contributed by atoms with Gasteiger partial charge in [-0.2, -0.15) is 4.39 Å². The lowest BCUT2D eigenvalue weighted by Crippen LogP contribution is -2.29. The van der Waals surface area contributed by atoms with Crippen LogP contribution in [-0.2, 0) is 6.42 Å². The molecular formula is C15H23BFN. The number of aromatic nitrogens is 1. The molecule has 0 unspecified atom stereocenters. The van der Waals surface area contributed by atoms with Gasteiger partial charge in [-0.1, -0.05) is 52.7 Å². The molecule has 18 heavy (non-hydrogen) atoms. The maximum Gasteiger partial charge on any atom is 0.212 e. The molecule has 0 bridgehead atoms. The highest BCUT2D eigenvalue weighted by atomic mass is 19.1. The molecule has 1 nitrogen and oxygen atoms in total. The lowest BCUT2D eigenvalue weighted by atomic mass is 9.42. The Morgan fingerprint density at radius 3 is 2.22 bits per heavy atom. The molecule has 2 heterocycles. The number of rotatable bonds is 2. The van der Waals surface area contributed by atoms with Crippen LogP contribution in [0, 0.1) is 16.8 Å². The van der Waals surface area contributed by atoms with Crippen molar-refractivity contribution >= 4 is 12.2 Å². The summed E-state index contributed by atoms with van der Waals surface area (Å²) in [5, 5.41) is 0. The zero-order chi connectivity index (χ0) is 13.6. The molecule has 1 aliphatic heterocycles. The van der Waals surface area contributed by atoms with Gasteiger partial charge in [0.05, 0.1) is 0 Å². The van der Waals surface area contributed by atoms with Gasteiger partial charge < -0.3 is 0 Å². The first-order valence-electron chi connectivity index (χ1n) is 6.91. The highest BCUT2D eigenvalue weighted by Crippen LogP contribution is 2.52. The molecule has 0 N–H and O–H groups in total. The second-order valence-corrected chi connectivity index (χ2v) is 6.94. The van der Waals surface area contributed by atoms with Crippen molar-refractivity contribution in [3.05, 3.63) is 23.8 Å². The number of hydrogen-bond acceptors (Lipinski definition) is 1. The third kappa shape index (κ3) is 2.32. The van der Waals surface area contributed by atoms with Crippen molar-refractivity contribution in [2.24, 2.45) is 10.8 Å². The number of nitrogens with zero attached hydrogens (tertiary/aromatic N) is 1. The van der Waals surface area contributed by atoms with Crippen LogP contribution in [0.1, 0.15) is 40.3 Å². The summed E-state index contributed by atoms with van der Waals surface area (Å²) in [5.41, 5.74) is 2.62. The van der Waals surface area contributed by atoms with Crippen molar-refractivity contribution in [1.29, 1.82) is 0 Å². The van der Waals surface area contributed by atoms with E-state index in [-0.39, 0.29) is 5.95 Å². The van der Waals surface area contributed by atoms with Crippen LogP contribution in [0.25, 0.3) is 0 Å². The van der Waals surface area contributed by atoms with Gasteiger partial charge in [0.15, 0.2) is 6.71 Å². The zero-order valence-corrected chi connectivity index (χ0v) is 12.2. The maximum atomic E-state index is 13.5. The van der Waals surface area contributed by atoms with Crippen LogP contribution in [0.2, 0.25) is 12.6 Å². The lowest BCUT2D eigenvalue weighted by Gasteiger charge is -2.35. The molecule has 0 atom stereocenters. The molecule has 0 spiro atoms. The van der Waals surface area contributed by atoms with Gasteiger partial charge in [0.1, 0.15) is 0 Å². The topological polar surface area (TPSA) is 12.9 Å². The normalized spacial score (nSPS) is 21.3. The van der Waals surface area contributed by atoms with Crippen LogP contribution < -0.4 is 5.46 Å². The third-order valence-electron chi connectivity index (χ3n) is 5.05. The summed E-state index contributed by atoms with van der Waals surface area (Å²) < 4.78 is 13.5. The van der Waals surface area contributed by atoms with Gasteiger partial charge >= 0.3 is 0 Å². The monoisotopic (exact) mass is 247 g/mol. The Morgan fingerprint density at radius 2 is 1.72 bits per heavy atom. The van der Waals surface area contributed by atoms with Gasteiger partial charge in [-0.3, -0.25) is 0 Å². The molecular weight excluding hydrogens is 224 g/mol. The van der Waals surface area contributed by atoms with Gasteiger partial charge in [0.25, 0.3) is 0 Å². The molecule has 0 amide bonds. The second-order valence-electron chi connectivity index (χ2n) is 6.94. The van der Waals surface area contributed by atoms with Crippen LogP contribution in [0.3, 0.4) is 0 Å². The van der Waals surface area contributed by atoms with Gasteiger partial charge in [0.2, 0.25) is 5.95 Å². The van der Waals surface area contributed by atoms with Gasteiger partial charge in [-0.25, -0.2) is 4.98 Å². The standard InChI is InChI=1S/C15H23BFN/c1-6-12-7-11(8-13(17)18-12)16-9-14(2,3)15(4,5)10-16/h7-8H,6,9-10H2,1-5H3. The first-order valence-corrected chi connectivity index (χ1v) is 6.91. The Hall–Kier alpha value is -0.855. The van der Waals surface area contributed by atoms with E-state index in [1.165, 1.54) is 0 Å². The Balaban J connectivity index is 2.32. The molecule has 1 saturated heterocycles. The van der Waals surface area contributed by atoms with E-state index in [9.17, 15) is 4.39 Å². The highest BCUT2D eigenvalue weighted by molar-refractivity contribution is 6.74. The molecule has 0 aromatic carbocycles. The fourth-order valence-corrected chi connectivity index (χ4v) is 3.08. The molecule has 3 heteroatoms. The molecule has 98 valence electrons. The molecule has 1 aromatic rings. The van der Waals surface area contributed by atoms with Crippen LogP contribution in [0.5, 0.6) is 0 Å². The highest BCUT2D eigenvalue weighted by Gasteiger charge is 2.48. The molecule has 0 aliphatic carbocycles. The summed E-state index contributed by atoms with van der Waals surface area (Å²) in [6.45, 7) is 11.8. The van der Waals surface area contributed by atoms with E-state index in [0.29, 0.717) is 17.5 Å². The van der Waals surface area contributed by atoms with Crippen molar-refractivity contribution in [1.82, 2.24) is 4.98 Å². The van der Waals surface area contributed by atoms with E-state index >= 15 is 0 Å². The second kappa shape index (κ2) is 4.36. The first-order chi connectivity index (χ1) is 8.25. The van der Waals surface area contributed by atoms with Crippen molar-refractivity contribution < 1.29 is 4.39 Å². The van der Waals surface area contributed by atoms with Crippen molar-refractivity contribution in [3.8, 4) is 0 Å². The fourth-order valence-electron chi connectivity index (χ4n) is 3.08. The minimum Gasteiger partial charge on any atom is -0.225 e. The van der Waals surface area contributed by atoms with Gasteiger partial charge in [-0.05, 0) is 29.4 Å². The first kappa shape index (κ1) is 13.6. The SMILES string of the molecule is CCc1cc(B2CC(C)(C)C(C)(C)C2)cc(F)n1. The molecule has 2 rings (SSSR count). The average molecular weight is 247 g/mol. The van der Waals surface area contributed by atoms with E-state index in [1.807, 2.05) is 6.92 Å². The van der Waals surface area contributed by atoms with Crippen LogP contribution >= 0.6 is 0 Å². The summed E-state index contributed by atoms with van der Waals surface area (Å²) in [7, 11) is 0. The summed E-state index contributed by atoms with van der Waals surface area (Å²) in [6, 6.07) is 3.71. The number of pyridine rings is 1. The predicted octanol–water partition coefficient (Wildman–Crippen LogP) is 3.55. The Bertz CT molecular complexity index is 438. The Labute approximate surface area is 110 Å². The number of aryl methyl sites for hydroxylation is 1. The maximum absolute atomic E-state index is 13.5. The predicted molar refractivity (Wildman–Crippen MR) is 76.1 cm³/mol. The van der Waals surface area contributed by atoms with E-state index in [2.05, 4.69) is 38.7 Å². The fraction of sp³-hybridized carbons (Fsp3) is 0.667. The largest absolute Gasteiger partial charge is 0.225 e.